The molecule has 0 aromatic rings. The number of ether oxygens (including phenoxy) is 1. The van der Waals surface area contributed by atoms with Crippen LogP contribution in [0.25, 0.3) is 0 Å². The van der Waals surface area contributed by atoms with Gasteiger partial charge >= 0.3 is 5.97 Å². The van der Waals surface area contributed by atoms with Gasteiger partial charge in [0.25, 0.3) is 0 Å². The van der Waals surface area contributed by atoms with Crippen molar-refractivity contribution in [3.8, 4) is 0 Å². The first-order valence-corrected chi connectivity index (χ1v) is 28.3. The van der Waals surface area contributed by atoms with E-state index in [1.54, 1.807) is 6.08 Å². The largest absolute Gasteiger partial charge is 0.466 e. The quantitative estimate of drug-likeness (QED) is 0.0245. The molecule has 0 aromatic carbocycles. The van der Waals surface area contributed by atoms with E-state index in [0.717, 1.165) is 77.0 Å². The van der Waals surface area contributed by atoms with Crippen LogP contribution in [0.15, 0.2) is 36.5 Å². The van der Waals surface area contributed by atoms with Gasteiger partial charge in [0, 0.05) is 12.8 Å². The van der Waals surface area contributed by atoms with Crippen LogP contribution >= 0.6 is 0 Å². The number of aliphatic hydroxyl groups excluding tert-OH is 2. The van der Waals surface area contributed by atoms with Gasteiger partial charge < -0.3 is 20.3 Å². The SMILES string of the molecule is CCCCCCCCCCCCCCC/C=C/C(O)C(CO)NC(=O)CCCCCCCCCCCC/C=C\C=C/CCCCCOC(=O)CCCCCCCCCCCCCCC. The Bertz CT molecular complexity index is 1040. The van der Waals surface area contributed by atoms with E-state index < -0.39 is 12.1 Å². The number of unbranched alkanes of at least 4 members (excludes halogenated alkanes) is 38. The third kappa shape index (κ3) is 49.5. The lowest BCUT2D eigenvalue weighted by molar-refractivity contribution is -0.143. The van der Waals surface area contributed by atoms with Crippen molar-refractivity contribution in [2.24, 2.45) is 0 Å². The van der Waals surface area contributed by atoms with Gasteiger partial charge in [-0.25, -0.2) is 0 Å². The van der Waals surface area contributed by atoms with Gasteiger partial charge in [-0.15, -0.1) is 0 Å². The molecular formula is C58H109NO5. The zero-order chi connectivity index (χ0) is 46.5. The van der Waals surface area contributed by atoms with Crippen LogP contribution in [0.1, 0.15) is 296 Å². The van der Waals surface area contributed by atoms with E-state index in [2.05, 4.69) is 43.5 Å². The van der Waals surface area contributed by atoms with E-state index in [9.17, 15) is 19.8 Å². The fourth-order valence-corrected chi connectivity index (χ4v) is 8.57. The van der Waals surface area contributed by atoms with Crippen molar-refractivity contribution in [3.63, 3.8) is 0 Å². The van der Waals surface area contributed by atoms with Crippen molar-refractivity contribution in [3.05, 3.63) is 36.5 Å². The first-order valence-electron chi connectivity index (χ1n) is 28.3. The van der Waals surface area contributed by atoms with Crippen molar-refractivity contribution >= 4 is 11.9 Å². The van der Waals surface area contributed by atoms with E-state index >= 15 is 0 Å². The molecule has 0 fully saturated rings. The lowest BCUT2D eigenvalue weighted by Crippen LogP contribution is -2.45. The summed E-state index contributed by atoms with van der Waals surface area (Å²) in [7, 11) is 0. The Morgan fingerprint density at radius 2 is 0.766 bits per heavy atom. The van der Waals surface area contributed by atoms with Crippen LogP contribution in [0.3, 0.4) is 0 Å². The second-order valence-corrected chi connectivity index (χ2v) is 19.3. The number of carbonyl (C=O) groups is 2. The van der Waals surface area contributed by atoms with E-state index in [0.29, 0.717) is 19.4 Å². The van der Waals surface area contributed by atoms with Crippen LogP contribution in [0.4, 0.5) is 0 Å². The van der Waals surface area contributed by atoms with Gasteiger partial charge in [-0.3, -0.25) is 9.59 Å². The fraction of sp³-hybridized carbons (Fsp3) is 0.862. The Kier molecular flexibility index (Phi) is 52.1. The molecule has 0 saturated carbocycles. The standard InChI is InChI=1S/C58H109NO5/c1-3-5-7-9-11-13-15-17-23-27-30-34-38-42-46-50-56(61)55(54-60)59-57(62)51-47-43-39-35-31-28-24-21-19-18-20-22-25-29-33-37-41-45-49-53-64-58(63)52-48-44-40-36-32-26-16-14-12-10-8-6-4-2/h22,25,29,33,46,50,55-56,60-61H,3-21,23-24,26-28,30-32,34-45,47-49,51-54H2,1-2H3,(H,59,62)/b25-22-,33-29-,50-46+. The summed E-state index contributed by atoms with van der Waals surface area (Å²) in [5, 5.41) is 23.1. The highest BCUT2D eigenvalue weighted by Gasteiger charge is 2.18. The van der Waals surface area contributed by atoms with Gasteiger partial charge in [-0.05, 0) is 64.2 Å². The number of hydrogen-bond acceptors (Lipinski definition) is 5. The Labute approximate surface area is 398 Å². The summed E-state index contributed by atoms with van der Waals surface area (Å²) in [6.07, 6.45) is 65.9. The van der Waals surface area contributed by atoms with Crippen LogP contribution in [0.2, 0.25) is 0 Å². The summed E-state index contributed by atoms with van der Waals surface area (Å²) in [6.45, 7) is 4.87. The highest BCUT2D eigenvalue weighted by molar-refractivity contribution is 5.76. The normalized spacial score (nSPS) is 12.9. The van der Waals surface area contributed by atoms with Crippen molar-refractivity contribution in [1.29, 1.82) is 0 Å². The van der Waals surface area contributed by atoms with Crippen molar-refractivity contribution in [2.45, 2.75) is 309 Å². The monoisotopic (exact) mass is 900 g/mol. The predicted octanol–water partition coefficient (Wildman–Crippen LogP) is 17.2. The molecule has 0 aromatic heterocycles. The number of carbonyl (C=O) groups excluding carboxylic acids is 2. The number of esters is 1. The summed E-state index contributed by atoms with van der Waals surface area (Å²) in [5.41, 5.74) is 0. The Morgan fingerprint density at radius 3 is 1.16 bits per heavy atom. The molecule has 0 heterocycles. The summed E-state index contributed by atoms with van der Waals surface area (Å²) in [6, 6.07) is -0.635. The topological polar surface area (TPSA) is 95.9 Å². The second kappa shape index (κ2) is 53.7. The van der Waals surface area contributed by atoms with Crippen LogP contribution in [-0.4, -0.2) is 47.4 Å². The molecule has 3 N–H and O–H groups in total. The van der Waals surface area contributed by atoms with Crippen molar-refractivity contribution in [1.82, 2.24) is 5.32 Å². The van der Waals surface area contributed by atoms with Gasteiger partial charge in [0.2, 0.25) is 5.91 Å². The molecule has 0 radical (unpaired) electrons. The molecule has 2 unspecified atom stereocenters. The Morgan fingerprint density at radius 1 is 0.438 bits per heavy atom. The number of hydrogen-bond donors (Lipinski definition) is 3. The van der Waals surface area contributed by atoms with Crippen LogP contribution in [0.5, 0.6) is 0 Å². The third-order valence-electron chi connectivity index (χ3n) is 12.9. The predicted molar refractivity (Wildman–Crippen MR) is 278 cm³/mol. The lowest BCUT2D eigenvalue weighted by atomic mass is 10.0. The molecular weight excluding hydrogens is 791 g/mol. The summed E-state index contributed by atoms with van der Waals surface area (Å²) < 4.78 is 5.44. The first kappa shape index (κ1) is 62.1. The maximum absolute atomic E-state index is 12.4. The minimum atomic E-state index is -0.851. The first-order chi connectivity index (χ1) is 31.5. The van der Waals surface area contributed by atoms with E-state index in [1.165, 1.54) is 193 Å². The van der Waals surface area contributed by atoms with E-state index in [-0.39, 0.29) is 18.5 Å². The average molecular weight is 901 g/mol. The van der Waals surface area contributed by atoms with Crippen molar-refractivity contribution in [2.75, 3.05) is 13.2 Å². The number of nitrogens with one attached hydrogen (secondary N) is 1. The number of rotatable bonds is 52. The van der Waals surface area contributed by atoms with E-state index in [1.807, 2.05) is 6.08 Å². The van der Waals surface area contributed by atoms with Gasteiger partial charge in [0.15, 0.2) is 0 Å². The summed E-state index contributed by atoms with van der Waals surface area (Å²) >= 11 is 0. The molecule has 2 atom stereocenters. The molecule has 64 heavy (non-hydrogen) atoms. The molecule has 0 rings (SSSR count). The molecule has 0 spiro atoms. The maximum atomic E-state index is 12.4. The van der Waals surface area contributed by atoms with Gasteiger partial charge in [0.1, 0.15) is 0 Å². The van der Waals surface area contributed by atoms with Crippen molar-refractivity contribution < 1.29 is 24.5 Å². The molecule has 0 bridgehead atoms. The number of amides is 1. The van der Waals surface area contributed by atoms with E-state index in [4.69, 9.17) is 4.74 Å². The maximum Gasteiger partial charge on any atom is 0.305 e. The summed E-state index contributed by atoms with van der Waals surface area (Å²) in [4.78, 5) is 24.4. The molecule has 376 valence electrons. The van der Waals surface area contributed by atoms with Gasteiger partial charge in [-0.1, -0.05) is 256 Å². The van der Waals surface area contributed by atoms with Crippen LogP contribution < -0.4 is 5.32 Å². The minimum absolute atomic E-state index is 0.0129. The average Bonchev–Trinajstić information content (AvgIpc) is 3.29. The zero-order valence-electron chi connectivity index (χ0n) is 42.8. The Balaban J connectivity index is 3.51. The van der Waals surface area contributed by atoms with Crippen LogP contribution in [-0.2, 0) is 14.3 Å². The zero-order valence-corrected chi connectivity index (χ0v) is 42.8. The number of allylic oxidation sites excluding steroid dienone is 5. The van der Waals surface area contributed by atoms with Gasteiger partial charge in [0.05, 0.1) is 25.4 Å². The molecule has 6 nitrogen and oxygen atoms in total. The lowest BCUT2D eigenvalue weighted by Gasteiger charge is -2.20. The minimum Gasteiger partial charge on any atom is -0.466 e. The Hall–Kier alpha value is -1.92. The third-order valence-corrected chi connectivity index (χ3v) is 12.9. The summed E-state index contributed by atoms with van der Waals surface area (Å²) in [5.74, 6) is -0.0903. The highest BCUT2D eigenvalue weighted by atomic mass is 16.5. The fourth-order valence-electron chi connectivity index (χ4n) is 8.57. The number of aliphatic hydroxyl groups is 2. The molecule has 6 heteroatoms. The molecule has 1 amide bonds. The smallest absolute Gasteiger partial charge is 0.305 e. The van der Waals surface area contributed by atoms with Crippen LogP contribution in [0, 0.1) is 0 Å². The van der Waals surface area contributed by atoms with Gasteiger partial charge in [-0.2, -0.15) is 0 Å². The highest BCUT2D eigenvalue weighted by Crippen LogP contribution is 2.16. The molecule has 0 saturated heterocycles. The molecule has 0 aliphatic carbocycles. The molecule has 0 aliphatic rings. The second-order valence-electron chi connectivity index (χ2n) is 19.3. The molecule has 0 aliphatic heterocycles.